The molecule has 0 spiro atoms. The van der Waals surface area contributed by atoms with Crippen LogP contribution >= 0.6 is 0 Å². The van der Waals surface area contributed by atoms with Crippen LogP contribution in [0.3, 0.4) is 0 Å². The number of carbonyl (C=O) groups excluding carboxylic acids is 1. The van der Waals surface area contributed by atoms with E-state index in [4.69, 9.17) is 0 Å². The predicted molar refractivity (Wildman–Crippen MR) is 128 cm³/mol. The molecule has 0 rings (SSSR count). The topological polar surface area (TPSA) is 26.3 Å². The van der Waals surface area contributed by atoms with Gasteiger partial charge in [0.05, 0.1) is 7.11 Å². The quantitative estimate of drug-likeness (QED) is 0.108. The highest BCUT2D eigenvalue weighted by molar-refractivity contribution is 5.69. The van der Waals surface area contributed by atoms with Crippen molar-refractivity contribution in [2.24, 2.45) is 0 Å². The molecule has 0 heterocycles. The lowest BCUT2D eigenvalue weighted by molar-refractivity contribution is -0.140. The molecule has 0 aromatic heterocycles. The van der Waals surface area contributed by atoms with Gasteiger partial charge in [0.15, 0.2) is 0 Å². The lowest BCUT2D eigenvalue weighted by atomic mass is 10.1. The molecule has 0 bridgehead atoms. The van der Waals surface area contributed by atoms with Crippen LogP contribution in [0.25, 0.3) is 0 Å². The molecule has 2 heteroatoms. The Bertz CT molecular complexity index is 420. The first-order valence-electron chi connectivity index (χ1n) is 12.3. The zero-order valence-electron chi connectivity index (χ0n) is 19.5. The van der Waals surface area contributed by atoms with Crippen LogP contribution in [0, 0.1) is 0 Å². The van der Waals surface area contributed by atoms with Crippen molar-refractivity contribution < 1.29 is 9.53 Å². The maximum absolute atomic E-state index is 11.0. The van der Waals surface area contributed by atoms with Crippen LogP contribution in [-0.4, -0.2) is 13.1 Å². The van der Waals surface area contributed by atoms with Crippen LogP contribution < -0.4 is 0 Å². The molecule has 0 aliphatic heterocycles. The Kier molecular flexibility index (Phi) is 23.6. The number of unbranched alkanes of at least 4 members (excludes halogenated alkanes) is 13. The van der Waals surface area contributed by atoms with Gasteiger partial charge in [-0.1, -0.05) is 88.3 Å². The minimum absolute atomic E-state index is 0.109. The largest absolute Gasteiger partial charge is 0.469 e. The number of ether oxygens (including phenoxy) is 1. The zero-order valence-corrected chi connectivity index (χ0v) is 19.5. The van der Waals surface area contributed by atoms with Crippen LogP contribution in [0.4, 0.5) is 0 Å². The molecule has 0 aliphatic rings. The zero-order chi connectivity index (χ0) is 21.3. The molecule has 2 nitrogen and oxygen atoms in total. The summed E-state index contributed by atoms with van der Waals surface area (Å²) in [6.45, 7) is 2.27. The Morgan fingerprint density at radius 1 is 0.552 bits per heavy atom. The first-order chi connectivity index (χ1) is 14.3. The fourth-order valence-corrected chi connectivity index (χ4v) is 3.29. The Labute approximate surface area is 181 Å². The summed E-state index contributed by atoms with van der Waals surface area (Å²) in [5.74, 6) is -0.109. The van der Waals surface area contributed by atoms with Crippen molar-refractivity contribution in [3.05, 3.63) is 36.5 Å². The van der Waals surface area contributed by atoms with Crippen LogP contribution in [0.1, 0.15) is 122 Å². The minimum atomic E-state index is -0.109. The summed E-state index contributed by atoms with van der Waals surface area (Å²) in [5, 5.41) is 0. The highest BCUT2D eigenvalue weighted by Gasteiger charge is 1.96. The minimum Gasteiger partial charge on any atom is -0.469 e. The van der Waals surface area contributed by atoms with Crippen LogP contribution in [0.2, 0.25) is 0 Å². The third-order valence-corrected chi connectivity index (χ3v) is 5.20. The maximum atomic E-state index is 11.0. The molecule has 0 saturated heterocycles. The molecule has 0 amide bonds. The van der Waals surface area contributed by atoms with E-state index < -0.39 is 0 Å². The number of allylic oxidation sites excluding steroid dienone is 6. The second-order valence-corrected chi connectivity index (χ2v) is 8.01. The third kappa shape index (κ3) is 24.7. The summed E-state index contributed by atoms with van der Waals surface area (Å²) in [4.78, 5) is 11.0. The van der Waals surface area contributed by atoms with Gasteiger partial charge in [0.25, 0.3) is 0 Å². The van der Waals surface area contributed by atoms with Gasteiger partial charge in [-0.2, -0.15) is 0 Å². The predicted octanol–water partition coefficient (Wildman–Crippen LogP) is 8.87. The molecule has 0 atom stereocenters. The number of esters is 1. The Hall–Kier alpha value is -1.31. The van der Waals surface area contributed by atoms with Gasteiger partial charge in [0, 0.05) is 6.42 Å². The van der Waals surface area contributed by atoms with E-state index in [0.717, 1.165) is 25.7 Å². The van der Waals surface area contributed by atoms with Crippen LogP contribution in [0.5, 0.6) is 0 Å². The van der Waals surface area contributed by atoms with Crippen molar-refractivity contribution in [3.63, 3.8) is 0 Å². The average Bonchev–Trinajstić information content (AvgIpc) is 2.74. The molecule has 0 aromatic rings. The molecule has 168 valence electrons. The van der Waals surface area contributed by atoms with E-state index in [-0.39, 0.29) is 5.97 Å². The molecule has 0 N–H and O–H groups in total. The van der Waals surface area contributed by atoms with E-state index >= 15 is 0 Å². The third-order valence-electron chi connectivity index (χ3n) is 5.20. The van der Waals surface area contributed by atoms with Gasteiger partial charge in [-0.05, 0) is 64.2 Å². The highest BCUT2D eigenvalue weighted by Crippen LogP contribution is 2.10. The van der Waals surface area contributed by atoms with Crippen LogP contribution in [-0.2, 0) is 9.53 Å². The van der Waals surface area contributed by atoms with Crippen molar-refractivity contribution in [2.45, 2.75) is 122 Å². The van der Waals surface area contributed by atoms with Gasteiger partial charge in [-0.3, -0.25) is 4.79 Å². The number of hydrogen-bond donors (Lipinski definition) is 0. The Morgan fingerprint density at radius 3 is 1.38 bits per heavy atom. The Balaban J connectivity index is 3.22. The van der Waals surface area contributed by atoms with E-state index in [1.807, 2.05) is 0 Å². The van der Waals surface area contributed by atoms with Crippen LogP contribution in [0.15, 0.2) is 36.5 Å². The van der Waals surface area contributed by atoms with E-state index in [1.54, 1.807) is 0 Å². The number of rotatable bonds is 21. The normalized spacial score (nSPS) is 11.9. The van der Waals surface area contributed by atoms with Gasteiger partial charge in [-0.15, -0.1) is 0 Å². The van der Waals surface area contributed by atoms with Crippen molar-refractivity contribution in [1.29, 1.82) is 0 Å². The maximum Gasteiger partial charge on any atom is 0.305 e. The summed E-state index contributed by atoms with van der Waals surface area (Å²) in [5.41, 5.74) is 0. The summed E-state index contributed by atoms with van der Waals surface area (Å²) in [6.07, 6.45) is 36.0. The average molecular weight is 405 g/mol. The number of carbonyl (C=O) groups is 1. The van der Waals surface area contributed by atoms with E-state index in [1.165, 1.54) is 90.6 Å². The first kappa shape index (κ1) is 27.7. The molecule has 0 fully saturated rings. The van der Waals surface area contributed by atoms with E-state index in [9.17, 15) is 4.79 Å². The SMILES string of the molecule is CCCCCCC=CCCCCCCCCC=CCCC=CCCCC(=O)OC. The molecule has 0 aliphatic carbocycles. The molecular weight excluding hydrogens is 356 g/mol. The Morgan fingerprint density at radius 2 is 0.931 bits per heavy atom. The lowest BCUT2D eigenvalue weighted by Crippen LogP contribution is -1.98. The standard InChI is InChI=1S/C27H48O2/c1-3-4-5-6-7-8-9-10-11-12-13-14-15-16-17-18-19-20-21-22-23-24-25-26-27(28)29-2/h8-9,18-19,22-23H,3-7,10-17,20-21,24-26H2,1-2H3. The second-order valence-electron chi connectivity index (χ2n) is 8.01. The molecule has 29 heavy (non-hydrogen) atoms. The van der Waals surface area contributed by atoms with Crippen molar-refractivity contribution in [3.8, 4) is 0 Å². The van der Waals surface area contributed by atoms with Crippen molar-refractivity contribution in [1.82, 2.24) is 0 Å². The van der Waals surface area contributed by atoms with Gasteiger partial charge < -0.3 is 4.74 Å². The fourth-order valence-electron chi connectivity index (χ4n) is 3.29. The first-order valence-corrected chi connectivity index (χ1v) is 12.3. The smallest absolute Gasteiger partial charge is 0.305 e. The van der Waals surface area contributed by atoms with Gasteiger partial charge >= 0.3 is 5.97 Å². The lowest BCUT2D eigenvalue weighted by Gasteiger charge is -1.99. The monoisotopic (exact) mass is 404 g/mol. The summed E-state index contributed by atoms with van der Waals surface area (Å²) >= 11 is 0. The summed E-state index contributed by atoms with van der Waals surface area (Å²) in [7, 11) is 1.45. The van der Waals surface area contributed by atoms with Gasteiger partial charge in [0.1, 0.15) is 0 Å². The van der Waals surface area contributed by atoms with Gasteiger partial charge in [0.2, 0.25) is 0 Å². The highest BCUT2D eigenvalue weighted by atomic mass is 16.5. The van der Waals surface area contributed by atoms with Gasteiger partial charge in [-0.25, -0.2) is 0 Å². The van der Waals surface area contributed by atoms with E-state index in [2.05, 4.69) is 48.1 Å². The fraction of sp³-hybridized carbons (Fsp3) is 0.741. The van der Waals surface area contributed by atoms with Crippen molar-refractivity contribution in [2.75, 3.05) is 7.11 Å². The molecule has 0 radical (unpaired) electrons. The molecule has 0 aromatic carbocycles. The second kappa shape index (κ2) is 24.7. The summed E-state index contributed by atoms with van der Waals surface area (Å²) < 4.78 is 4.63. The molecule has 0 saturated carbocycles. The molecular formula is C27H48O2. The number of hydrogen-bond acceptors (Lipinski definition) is 2. The van der Waals surface area contributed by atoms with E-state index in [0.29, 0.717) is 6.42 Å². The number of methoxy groups -OCH3 is 1. The molecule has 0 unspecified atom stereocenters. The summed E-state index contributed by atoms with van der Waals surface area (Å²) in [6, 6.07) is 0. The van der Waals surface area contributed by atoms with Crippen molar-refractivity contribution >= 4 is 5.97 Å².